The van der Waals surface area contributed by atoms with Gasteiger partial charge in [-0.3, -0.25) is 9.35 Å². The van der Waals surface area contributed by atoms with Crippen LogP contribution in [0.25, 0.3) is 10.8 Å². The summed E-state index contributed by atoms with van der Waals surface area (Å²) in [5.41, 5.74) is 0.781. The highest BCUT2D eigenvalue weighted by Gasteiger charge is 2.21. The molecule has 0 atom stereocenters. The molecule has 36 heavy (non-hydrogen) atoms. The van der Waals surface area contributed by atoms with E-state index in [1.54, 1.807) is 55.5 Å². The van der Waals surface area contributed by atoms with Crippen LogP contribution in [-0.4, -0.2) is 31.1 Å². The molecular formula is C25H20ClN3O6S. The standard InChI is InChI=1S/C25H20ClN3O6S/c1-14-11-12-20(36(32,33)34)21(26)22(14)28-29-23-16-8-4-3-7-15(16)13-17(24(23)30)25(31)27-18-9-5-6-10-19(18)35-2/h3-13,30H,1-2H3,(H,27,31)(H,32,33,34). The molecule has 0 bridgehead atoms. The van der Waals surface area contributed by atoms with Crippen molar-refractivity contribution in [3.63, 3.8) is 0 Å². The lowest BCUT2D eigenvalue weighted by atomic mass is 10.0. The lowest BCUT2D eigenvalue weighted by Gasteiger charge is -2.13. The Morgan fingerprint density at radius 3 is 2.39 bits per heavy atom. The van der Waals surface area contributed by atoms with Crippen LogP contribution in [0.5, 0.6) is 11.5 Å². The number of rotatable bonds is 6. The zero-order chi connectivity index (χ0) is 26.0. The molecular weight excluding hydrogens is 506 g/mol. The normalized spacial score (nSPS) is 11.7. The minimum atomic E-state index is -4.60. The van der Waals surface area contributed by atoms with Crippen LogP contribution in [0.15, 0.2) is 81.9 Å². The number of ether oxygens (including phenoxy) is 1. The number of aryl methyl sites for hydroxylation is 1. The average molecular weight is 526 g/mol. The number of para-hydroxylation sites is 2. The zero-order valence-electron chi connectivity index (χ0n) is 19.1. The van der Waals surface area contributed by atoms with Gasteiger partial charge in [0.25, 0.3) is 16.0 Å². The van der Waals surface area contributed by atoms with Gasteiger partial charge < -0.3 is 15.2 Å². The quantitative estimate of drug-likeness (QED) is 0.196. The van der Waals surface area contributed by atoms with Gasteiger partial charge in [-0.2, -0.15) is 8.42 Å². The van der Waals surface area contributed by atoms with Crippen LogP contribution in [0.4, 0.5) is 17.1 Å². The van der Waals surface area contributed by atoms with Crippen LogP contribution < -0.4 is 10.1 Å². The van der Waals surface area contributed by atoms with Crippen molar-refractivity contribution in [1.29, 1.82) is 0 Å². The second-order valence-electron chi connectivity index (χ2n) is 7.72. The Morgan fingerprint density at radius 1 is 1.00 bits per heavy atom. The van der Waals surface area contributed by atoms with Crippen LogP contribution in [0.2, 0.25) is 5.02 Å². The maximum Gasteiger partial charge on any atom is 0.296 e. The van der Waals surface area contributed by atoms with Crippen molar-refractivity contribution in [3.05, 3.63) is 82.9 Å². The number of anilines is 1. The summed E-state index contributed by atoms with van der Waals surface area (Å²) in [7, 11) is -3.12. The van der Waals surface area contributed by atoms with Gasteiger partial charge in [0.2, 0.25) is 0 Å². The highest BCUT2D eigenvalue weighted by atomic mass is 35.5. The number of carbonyl (C=O) groups is 1. The minimum absolute atomic E-state index is 0.0147. The van der Waals surface area contributed by atoms with E-state index in [1.807, 2.05) is 0 Å². The van der Waals surface area contributed by atoms with Crippen molar-refractivity contribution in [2.24, 2.45) is 10.2 Å². The number of phenolic OH excluding ortho intramolecular Hbond substituents is 1. The number of benzene rings is 4. The number of halogens is 1. The number of amides is 1. The van der Waals surface area contributed by atoms with Gasteiger partial charge >= 0.3 is 0 Å². The highest BCUT2D eigenvalue weighted by molar-refractivity contribution is 7.86. The maximum atomic E-state index is 13.1. The summed E-state index contributed by atoms with van der Waals surface area (Å²) < 4.78 is 38.0. The predicted molar refractivity (Wildman–Crippen MR) is 137 cm³/mol. The van der Waals surface area contributed by atoms with E-state index in [9.17, 15) is 22.9 Å². The molecule has 0 fully saturated rings. The number of nitrogens with one attached hydrogen (secondary N) is 1. The van der Waals surface area contributed by atoms with E-state index in [1.165, 1.54) is 19.2 Å². The maximum absolute atomic E-state index is 13.1. The Kier molecular flexibility index (Phi) is 6.93. The lowest BCUT2D eigenvalue weighted by molar-refractivity contribution is 0.102. The number of fused-ring (bicyclic) bond motifs is 1. The van der Waals surface area contributed by atoms with Crippen molar-refractivity contribution >= 4 is 55.5 Å². The summed E-state index contributed by atoms with van der Waals surface area (Å²) in [6, 6.07) is 17.8. The molecule has 0 heterocycles. The average Bonchev–Trinajstić information content (AvgIpc) is 2.84. The summed E-state index contributed by atoms with van der Waals surface area (Å²) in [6.45, 7) is 1.63. The van der Waals surface area contributed by atoms with Crippen molar-refractivity contribution < 1.29 is 27.6 Å². The molecule has 0 saturated carbocycles. The minimum Gasteiger partial charge on any atom is -0.505 e. The van der Waals surface area contributed by atoms with Gasteiger partial charge in [0.05, 0.1) is 23.4 Å². The molecule has 0 unspecified atom stereocenters. The lowest BCUT2D eigenvalue weighted by Crippen LogP contribution is -2.13. The van der Waals surface area contributed by atoms with Crippen LogP contribution in [0.1, 0.15) is 15.9 Å². The molecule has 0 spiro atoms. The third kappa shape index (κ3) is 4.87. The Balaban J connectivity index is 1.84. The van der Waals surface area contributed by atoms with Crippen molar-refractivity contribution in [1.82, 2.24) is 0 Å². The molecule has 184 valence electrons. The molecule has 3 N–H and O–H groups in total. The molecule has 0 radical (unpaired) electrons. The van der Waals surface area contributed by atoms with E-state index in [0.29, 0.717) is 27.8 Å². The Hall–Kier alpha value is -3.99. The third-order valence-corrected chi connectivity index (χ3v) is 6.80. The van der Waals surface area contributed by atoms with Crippen LogP contribution in [-0.2, 0) is 10.1 Å². The highest BCUT2D eigenvalue weighted by Crippen LogP contribution is 2.42. The Bertz CT molecular complexity index is 1640. The number of hydrogen-bond acceptors (Lipinski definition) is 7. The number of hydrogen-bond donors (Lipinski definition) is 3. The molecule has 0 saturated heterocycles. The fourth-order valence-corrected chi connectivity index (χ4v) is 4.70. The second-order valence-corrected chi connectivity index (χ2v) is 9.48. The Morgan fingerprint density at radius 2 is 1.67 bits per heavy atom. The molecule has 11 heteroatoms. The largest absolute Gasteiger partial charge is 0.505 e. The van der Waals surface area contributed by atoms with Crippen molar-refractivity contribution in [3.8, 4) is 11.5 Å². The summed E-state index contributed by atoms with van der Waals surface area (Å²) in [5, 5.41) is 22.8. The van der Waals surface area contributed by atoms with Crippen molar-refractivity contribution in [2.75, 3.05) is 12.4 Å². The number of azo groups is 1. The van der Waals surface area contributed by atoms with Gasteiger partial charge in [-0.05, 0) is 42.1 Å². The fourth-order valence-electron chi connectivity index (χ4n) is 3.59. The number of methoxy groups -OCH3 is 1. The number of aromatic hydroxyl groups is 1. The molecule has 1 amide bonds. The van der Waals surface area contributed by atoms with Gasteiger partial charge in [-0.1, -0.05) is 54.1 Å². The number of carbonyl (C=O) groups excluding carboxylic acids is 1. The first-order valence-corrected chi connectivity index (χ1v) is 12.3. The molecule has 0 aliphatic carbocycles. The second kappa shape index (κ2) is 9.94. The summed E-state index contributed by atoms with van der Waals surface area (Å²) >= 11 is 6.19. The molecule has 9 nitrogen and oxygen atoms in total. The summed E-state index contributed by atoms with van der Waals surface area (Å²) in [5.74, 6) is -0.610. The van der Waals surface area contributed by atoms with Gasteiger partial charge in [0, 0.05) is 5.39 Å². The van der Waals surface area contributed by atoms with E-state index in [4.69, 9.17) is 16.3 Å². The molecule has 4 aromatic carbocycles. The first-order chi connectivity index (χ1) is 17.1. The van der Waals surface area contributed by atoms with Gasteiger partial charge in [0.1, 0.15) is 22.0 Å². The van der Waals surface area contributed by atoms with Crippen molar-refractivity contribution in [2.45, 2.75) is 11.8 Å². The van der Waals surface area contributed by atoms with Crippen LogP contribution in [0.3, 0.4) is 0 Å². The smallest absolute Gasteiger partial charge is 0.296 e. The number of phenols is 1. The monoisotopic (exact) mass is 525 g/mol. The Labute approximate surface area is 211 Å². The number of nitrogens with zero attached hydrogens (tertiary/aromatic N) is 2. The SMILES string of the molecule is COc1ccccc1NC(=O)c1cc2ccccc2c(N=Nc2c(C)ccc(S(=O)(=O)O)c2Cl)c1O. The molecule has 0 aliphatic rings. The summed E-state index contributed by atoms with van der Waals surface area (Å²) in [6.07, 6.45) is 0. The van der Waals surface area contributed by atoms with E-state index in [0.717, 1.165) is 6.07 Å². The summed E-state index contributed by atoms with van der Waals surface area (Å²) in [4.78, 5) is 12.6. The molecule has 0 aromatic heterocycles. The van der Waals surface area contributed by atoms with E-state index >= 15 is 0 Å². The van der Waals surface area contributed by atoms with E-state index in [-0.39, 0.29) is 22.0 Å². The van der Waals surface area contributed by atoms with E-state index < -0.39 is 26.7 Å². The third-order valence-electron chi connectivity index (χ3n) is 5.41. The van der Waals surface area contributed by atoms with Gasteiger partial charge in [-0.25, -0.2) is 0 Å². The predicted octanol–water partition coefficient (Wildman–Crippen LogP) is 6.43. The zero-order valence-corrected chi connectivity index (χ0v) is 20.6. The van der Waals surface area contributed by atoms with E-state index in [2.05, 4.69) is 15.5 Å². The van der Waals surface area contributed by atoms with Gasteiger partial charge in [-0.15, -0.1) is 10.2 Å². The molecule has 0 aliphatic heterocycles. The fraction of sp³-hybridized carbons (Fsp3) is 0.0800. The topological polar surface area (TPSA) is 138 Å². The van der Waals surface area contributed by atoms with Gasteiger partial charge in [0.15, 0.2) is 5.75 Å². The van der Waals surface area contributed by atoms with Crippen LogP contribution >= 0.6 is 11.6 Å². The van der Waals surface area contributed by atoms with Crippen LogP contribution in [0, 0.1) is 6.92 Å². The molecule has 4 rings (SSSR count). The first kappa shape index (κ1) is 25.1. The first-order valence-electron chi connectivity index (χ1n) is 10.5. The molecule has 4 aromatic rings.